The number of hydrogen-bond acceptors (Lipinski definition) is 6. The number of benzene rings is 4. The molecule has 0 spiro atoms. The van der Waals surface area contributed by atoms with Gasteiger partial charge in [0.15, 0.2) is 11.5 Å². The predicted molar refractivity (Wildman–Crippen MR) is 155 cm³/mol. The molecule has 0 aliphatic carbocycles. The van der Waals surface area contributed by atoms with Crippen LogP contribution in [0.1, 0.15) is 23.6 Å². The van der Waals surface area contributed by atoms with E-state index in [1.54, 1.807) is 12.1 Å². The second-order valence-corrected chi connectivity index (χ2v) is 8.79. The van der Waals surface area contributed by atoms with E-state index in [1.807, 2.05) is 43.3 Å². The molecule has 4 rings (SSSR count). The lowest BCUT2D eigenvalue weighted by Gasteiger charge is -2.17. The first-order valence-electron chi connectivity index (χ1n) is 12.6. The second-order valence-electron chi connectivity index (χ2n) is 8.79. The molecule has 8 nitrogen and oxygen atoms in total. The van der Waals surface area contributed by atoms with Gasteiger partial charge in [-0.2, -0.15) is 5.26 Å². The molecule has 4 aromatic rings. The Morgan fingerprint density at radius 3 is 2.58 bits per heavy atom. The molecule has 0 bridgehead atoms. The number of fused-ring (bicyclic) bond motifs is 1. The van der Waals surface area contributed by atoms with Crippen LogP contribution in [0.4, 0.5) is 11.4 Å². The quantitative estimate of drug-likeness (QED) is 0.0730. The van der Waals surface area contributed by atoms with Gasteiger partial charge in [-0.15, -0.1) is 6.58 Å². The largest absolute Gasteiger partial charge is 0.490 e. The third-order valence-corrected chi connectivity index (χ3v) is 6.06. The number of ether oxygens (including phenoxy) is 2. The number of nitriles is 1. The summed E-state index contributed by atoms with van der Waals surface area (Å²) in [6.07, 6.45) is 3.65. The fraction of sp³-hybridized carbons (Fsp3) is 0.125. The molecule has 0 fully saturated rings. The Bertz CT molecular complexity index is 1650. The minimum atomic E-state index is -0.692. The van der Waals surface area contributed by atoms with E-state index in [0.717, 1.165) is 21.9 Å². The number of amides is 1. The molecule has 0 radical (unpaired) electrons. The number of nitrogens with one attached hydrogen (secondary N) is 1. The number of allylic oxidation sites excluding steroid dienone is 1. The molecule has 1 N–H and O–H groups in total. The van der Waals surface area contributed by atoms with Crippen molar-refractivity contribution in [3.05, 3.63) is 124 Å². The average molecular weight is 534 g/mol. The fourth-order valence-corrected chi connectivity index (χ4v) is 4.28. The van der Waals surface area contributed by atoms with Gasteiger partial charge in [-0.25, -0.2) is 0 Å². The molecule has 0 aromatic heterocycles. The van der Waals surface area contributed by atoms with Crippen molar-refractivity contribution in [1.29, 1.82) is 5.26 Å². The molecule has 0 atom stereocenters. The van der Waals surface area contributed by atoms with E-state index in [0.29, 0.717) is 36.7 Å². The molecule has 0 aliphatic rings. The molecular weight excluding hydrogens is 506 g/mol. The average Bonchev–Trinajstić information content (AvgIpc) is 2.96. The van der Waals surface area contributed by atoms with Crippen molar-refractivity contribution in [2.24, 2.45) is 0 Å². The van der Waals surface area contributed by atoms with Crippen LogP contribution in [0.2, 0.25) is 0 Å². The zero-order valence-corrected chi connectivity index (χ0v) is 21.9. The summed E-state index contributed by atoms with van der Waals surface area (Å²) in [5, 5.41) is 25.5. The van der Waals surface area contributed by atoms with Gasteiger partial charge in [-0.3, -0.25) is 14.9 Å². The fourth-order valence-electron chi connectivity index (χ4n) is 4.28. The molecule has 1 amide bonds. The number of rotatable bonds is 11. The Morgan fingerprint density at radius 2 is 1.82 bits per heavy atom. The van der Waals surface area contributed by atoms with Crippen molar-refractivity contribution in [3.63, 3.8) is 0 Å². The zero-order chi connectivity index (χ0) is 28.5. The van der Waals surface area contributed by atoms with Gasteiger partial charge >= 0.3 is 0 Å². The van der Waals surface area contributed by atoms with Crippen LogP contribution in [0.3, 0.4) is 0 Å². The number of carbonyl (C=O) groups is 1. The predicted octanol–water partition coefficient (Wildman–Crippen LogP) is 7.00. The maximum Gasteiger partial charge on any atom is 0.271 e. The first-order valence-corrected chi connectivity index (χ1v) is 12.6. The summed E-state index contributed by atoms with van der Waals surface area (Å²) in [5.74, 6) is 0.346. The van der Waals surface area contributed by atoms with Gasteiger partial charge < -0.3 is 14.8 Å². The van der Waals surface area contributed by atoms with Gasteiger partial charge in [0.05, 0.1) is 11.5 Å². The van der Waals surface area contributed by atoms with Gasteiger partial charge in [-0.1, -0.05) is 54.6 Å². The number of nitro groups is 1. The van der Waals surface area contributed by atoms with Crippen LogP contribution in [0.5, 0.6) is 11.5 Å². The van der Waals surface area contributed by atoms with E-state index in [4.69, 9.17) is 9.47 Å². The summed E-state index contributed by atoms with van der Waals surface area (Å²) in [5.41, 5.74) is 2.23. The molecule has 8 heteroatoms. The Kier molecular flexibility index (Phi) is 8.90. The summed E-state index contributed by atoms with van der Waals surface area (Å²) < 4.78 is 12.2. The van der Waals surface area contributed by atoms with Crippen molar-refractivity contribution in [2.45, 2.75) is 20.0 Å². The third kappa shape index (κ3) is 6.52. The molecule has 0 saturated heterocycles. The molecule has 0 saturated carbocycles. The van der Waals surface area contributed by atoms with Crippen LogP contribution in [-0.4, -0.2) is 17.4 Å². The van der Waals surface area contributed by atoms with E-state index < -0.39 is 10.8 Å². The Morgan fingerprint density at radius 1 is 1.05 bits per heavy atom. The van der Waals surface area contributed by atoms with E-state index in [1.165, 1.54) is 30.3 Å². The molecular formula is C32H27N3O5. The summed E-state index contributed by atoms with van der Waals surface area (Å²) >= 11 is 0. The topological polar surface area (TPSA) is 114 Å². The first kappa shape index (κ1) is 27.6. The van der Waals surface area contributed by atoms with Crippen LogP contribution in [0, 0.1) is 21.4 Å². The van der Waals surface area contributed by atoms with Crippen molar-refractivity contribution in [1.82, 2.24) is 0 Å². The number of anilines is 1. The maximum absolute atomic E-state index is 12.8. The van der Waals surface area contributed by atoms with Gasteiger partial charge in [0.1, 0.15) is 18.2 Å². The SMILES string of the molecule is C=CCc1cc(/C=C(\C#N)C(=O)Nc2cccc([N+](=O)[O-])c2)cc(OCC)c1OCc1cccc2ccccc12. The molecule has 0 heterocycles. The number of hydrogen-bond donors (Lipinski definition) is 1. The van der Waals surface area contributed by atoms with Crippen LogP contribution < -0.4 is 14.8 Å². The highest BCUT2D eigenvalue weighted by Crippen LogP contribution is 2.36. The van der Waals surface area contributed by atoms with Crippen molar-refractivity contribution in [2.75, 3.05) is 11.9 Å². The van der Waals surface area contributed by atoms with Gasteiger partial charge in [0, 0.05) is 23.4 Å². The number of nitro benzene ring substituents is 1. The van der Waals surface area contributed by atoms with Crippen molar-refractivity contribution in [3.8, 4) is 17.6 Å². The molecule has 4 aromatic carbocycles. The minimum absolute atomic E-state index is 0.171. The van der Waals surface area contributed by atoms with E-state index >= 15 is 0 Å². The monoisotopic (exact) mass is 533 g/mol. The molecule has 40 heavy (non-hydrogen) atoms. The lowest BCUT2D eigenvalue weighted by molar-refractivity contribution is -0.384. The van der Waals surface area contributed by atoms with Crippen LogP contribution in [-0.2, 0) is 17.8 Å². The van der Waals surface area contributed by atoms with Gasteiger partial charge in [0.25, 0.3) is 11.6 Å². The molecule has 200 valence electrons. The Labute approximate surface area is 231 Å². The van der Waals surface area contributed by atoms with E-state index in [2.05, 4.69) is 30.1 Å². The highest BCUT2D eigenvalue weighted by Gasteiger charge is 2.17. The Balaban J connectivity index is 1.65. The normalized spacial score (nSPS) is 10.9. The first-order chi connectivity index (χ1) is 19.4. The molecule has 0 unspecified atom stereocenters. The smallest absolute Gasteiger partial charge is 0.271 e. The van der Waals surface area contributed by atoms with Crippen LogP contribution >= 0.6 is 0 Å². The lowest BCUT2D eigenvalue weighted by Crippen LogP contribution is -2.13. The van der Waals surface area contributed by atoms with Crippen molar-refractivity contribution < 1.29 is 19.2 Å². The number of nitrogens with zero attached hydrogens (tertiary/aromatic N) is 2. The molecule has 0 aliphatic heterocycles. The highest BCUT2D eigenvalue weighted by molar-refractivity contribution is 6.09. The lowest BCUT2D eigenvalue weighted by atomic mass is 10.0. The Hall–Kier alpha value is -5.42. The minimum Gasteiger partial charge on any atom is -0.490 e. The highest BCUT2D eigenvalue weighted by atomic mass is 16.6. The van der Waals surface area contributed by atoms with Crippen molar-refractivity contribution >= 4 is 34.1 Å². The zero-order valence-electron chi connectivity index (χ0n) is 21.9. The van der Waals surface area contributed by atoms with Gasteiger partial charge in [-0.05, 0) is 59.5 Å². The number of carbonyl (C=O) groups excluding carboxylic acids is 1. The summed E-state index contributed by atoms with van der Waals surface area (Å²) in [4.78, 5) is 23.3. The third-order valence-electron chi connectivity index (χ3n) is 6.06. The van der Waals surface area contributed by atoms with E-state index in [-0.39, 0.29) is 16.9 Å². The number of non-ortho nitro benzene ring substituents is 1. The summed E-state index contributed by atoms with van der Waals surface area (Å²) in [6.45, 7) is 6.41. The van der Waals surface area contributed by atoms with Crippen LogP contribution in [0.25, 0.3) is 16.8 Å². The van der Waals surface area contributed by atoms with E-state index in [9.17, 15) is 20.2 Å². The second kappa shape index (κ2) is 12.9. The standard InChI is InChI=1S/C32H27N3O5/c1-3-9-24-16-22(17-26(20-33)32(36)34-27-13-8-14-28(19-27)35(37)38)18-30(39-4-2)31(24)40-21-25-12-7-11-23-10-5-6-15-29(23)25/h3,5-8,10-19H,1,4,9,21H2,2H3,(H,34,36)/b26-17+. The van der Waals surface area contributed by atoms with Gasteiger partial charge in [0.2, 0.25) is 0 Å². The maximum atomic E-state index is 12.8. The van der Waals surface area contributed by atoms with Crippen LogP contribution in [0.15, 0.2) is 97.1 Å². The summed E-state index contributed by atoms with van der Waals surface area (Å²) in [7, 11) is 0. The summed E-state index contributed by atoms with van der Waals surface area (Å²) in [6, 6.07) is 25.1.